The molecule has 1 amide bonds. The minimum Gasteiger partial charge on any atom is -0.368 e. The number of non-ortho nitro benzene ring substituents is 1. The first-order chi connectivity index (χ1) is 15.1. The standard InChI is InChI=1S/C21H23N7O3/c29-20(7-4-12-27-23-21(22-24-27)17-5-2-1-3-6-17)26-15-13-25(14-16-26)18-8-10-19(11-9-18)28(30)31/h1-3,5-6,8-11H,4,7,12-16H2. The third-order valence-electron chi connectivity index (χ3n) is 5.29. The topological polar surface area (TPSA) is 110 Å². The van der Waals surface area contributed by atoms with Gasteiger partial charge in [-0.3, -0.25) is 14.9 Å². The number of rotatable bonds is 7. The highest BCUT2D eigenvalue weighted by molar-refractivity contribution is 5.76. The molecule has 160 valence electrons. The van der Waals surface area contributed by atoms with Gasteiger partial charge in [0.2, 0.25) is 11.7 Å². The van der Waals surface area contributed by atoms with E-state index in [-0.39, 0.29) is 11.6 Å². The molecule has 1 saturated heterocycles. The number of piperazine rings is 1. The number of nitrogens with zero attached hydrogens (tertiary/aromatic N) is 7. The summed E-state index contributed by atoms with van der Waals surface area (Å²) in [6, 6.07) is 16.2. The zero-order chi connectivity index (χ0) is 21.6. The van der Waals surface area contributed by atoms with E-state index in [2.05, 4.69) is 20.3 Å². The molecule has 31 heavy (non-hydrogen) atoms. The molecule has 1 aliphatic heterocycles. The highest BCUT2D eigenvalue weighted by Crippen LogP contribution is 2.21. The SMILES string of the molecule is O=C(CCCn1nnc(-c2ccccc2)n1)N1CCN(c2ccc([N+](=O)[O-])cc2)CC1. The van der Waals surface area contributed by atoms with Gasteiger partial charge < -0.3 is 9.80 Å². The van der Waals surface area contributed by atoms with Crippen LogP contribution in [0.25, 0.3) is 11.4 Å². The zero-order valence-corrected chi connectivity index (χ0v) is 17.0. The Labute approximate surface area is 179 Å². The highest BCUT2D eigenvalue weighted by atomic mass is 16.6. The average molecular weight is 421 g/mol. The molecule has 3 aromatic rings. The highest BCUT2D eigenvalue weighted by Gasteiger charge is 2.21. The molecule has 0 atom stereocenters. The van der Waals surface area contributed by atoms with Crippen molar-refractivity contribution >= 4 is 17.3 Å². The van der Waals surface area contributed by atoms with E-state index in [4.69, 9.17) is 0 Å². The van der Waals surface area contributed by atoms with Gasteiger partial charge in [0, 0.05) is 56.0 Å². The molecule has 4 rings (SSSR count). The Morgan fingerprint density at radius 3 is 2.39 bits per heavy atom. The molecule has 2 heterocycles. The number of aryl methyl sites for hydroxylation is 1. The maximum absolute atomic E-state index is 12.5. The molecular formula is C21H23N7O3. The van der Waals surface area contributed by atoms with E-state index in [9.17, 15) is 14.9 Å². The number of aromatic nitrogens is 4. The summed E-state index contributed by atoms with van der Waals surface area (Å²) < 4.78 is 0. The number of carbonyl (C=O) groups is 1. The second-order valence-corrected chi connectivity index (χ2v) is 7.32. The van der Waals surface area contributed by atoms with Crippen LogP contribution in [0.3, 0.4) is 0 Å². The lowest BCUT2D eigenvalue weighted by Gasteiger charge is -2.36. The third kappa shape index (κ3) is 5.03. The van der Waals surface area contributed by atoms with Crippen molar-refractivity contribution < 1.29 is 9.72 Å². The van der Waals surface area contributed by atoms with E-state index in [0.717, 1.165) is 11.3 Å². The number of amides is 1. The third-order valence-corrected chi connectivity index (χ3v) is 5.29. The van der Waals surface area contributed by atoms with Gasteiger partial charge in [0.05, 0.1) is 11.5 Å². The molecule has 1 fully saturated rings. The predicted octanol–water partition coefficient (Wildman–Crippen LogP) is 2.38. The Bertz CT molecular complexity index is 1030. The van der Waals surface area contributed by atoms with Gasteiger partial charge in [-0.05, 0) is 23.8 Å². The fourth-order valence-corrected chi connectivity index (χ4v) is 3.57. The Kier molecular flexibility index (Phi) is 6.16. The van der Waals surface area contributed by atoms with Gasteiger partial charge in [-0.25, -0.2) is 0 Å². The quantitative estimate of drug-likeness (QED) is 0.425. The van der Waals surface area contributed by atoms with Crippen LogP contribution < -0.4 is 4.90 Å². The second kappa shape index (κ2) is 9.33. The van der Waals surface area contributed by atoms with Crippen molar-refractivity contribution in [2.75, 3.05) is 31.1 Å². The molecule has 0 N–H and O–H groups in total. The Morgan fingerprint density at radius 2 is 1.71 bits per heavy atom. The van der Waals surface area contributed by atoms with Crippen molar-refractivity contribution in [2.24, 2.45) is 0 Å². The minimum atomic E-state index is -0.405. The lowest BCUT2D eigenvalue weighted by Crippen LogP contribution is -2.48. The molecule has 1 aromatic heterocycles. The van der Waals surface area contributed by atoms with Gasteiger partial charge in [-0.1, -0.05) is 30.3 Å². The van der Waals surface area contributed by atoms with Gasteiger partial charge in [0.1, 0.15) is 0 Å². The second-order valence-electron chi connectivity index (χ2n) is 7.32. The van der Waals surface area contributed by atoms with E-state index in [0.29, 0.717) is 51.4 Å². The number of tetrazole rings is 1. The first-order valence-corrected chi connectivity index (χ1v) is 10.2. The minimum absolute atomic E-state index is 0.0790. The lowest BCUT2D eigenvalue weighted by atomic mass is 10.2. The first kappa shape index (κ1) is 20.5. The molecule has 0 unspecified atom stereocenters. The summed E-state index contributed by atoms with van der Waals surface area (Å²) in [5.41, 5.74) is 1.93. The fraction of sp³-hybridized carbons (Fsp3) is 0.333. The van der Waals surface area contributed by atoms with Gasteiger partial charge in [-0.15, -0.1) is 10.2 Å². The van der Waals surface area contributed by atoms with Crippen LogP contribution in [0.5, 0.6) is 0 Å². The summed E-state index contributed by atoms with van der Waals surface area (Å²) in [5.74, 6) is 0.695. The molecule has 2 aromatic carbocycles. The van der Waals surface area contributed by atoms with Crippen LogP contribution in [0, 0.1) is 10.1 Å². The Morgan fingerprint density at radius 1 is 1.00 bits per heavy atom. The number of benzene rings is 2. The van der Waals surface area contributed by atoms with Crippen molar-refractivity contribution in [3.8, 4) is 11.4 Å². The molecule has 0 aliphatic carbocycles. The summed E-state index contributed by atoms with van der Waals surface area (Å²) in [6.45, 7) is 3.21. The maximum atomic E-state index is 12.5. The molecular weight excluding hydrogens is 398 g/mol. The zero-order valence-electron chi connectivity index (χ0n) is 17.0. The van der Waals surface area contributed by atoms with Gasteiger partial charge in [-0.2, -0.15) is 4.80 Å². The summed E-state index contributed by atoms with van der Waals surface area (Å²) in [4.78, 5) is 28.5. The molecule has 0 spiro atoms. The summed E-state index contributed by atoms with van der Waals surface area (Å²) >= 11 is 0. The van der Waals surface area contributed by atoms with Crippen LogP contribution in [0.4, 0.5) is 11.4 Å². The number of hydrogen-bond donors (Lipinski definition) is 0. The van der Waals surface area contributed by atoms with E-state index < -0.39 is 4.92 Å². The molecule has 0 saturated carbocycles. The molecule has 10 nitrogen and oxygen atoms in total. The van der Waals surface area contributed by atoms with E-state index >= 15 is 0 Å². The van der Waals surface area contributed by atoms with E-state index in [1.165, 1.54) is 16.9 Å². The number of hydrogen-bond acceptors (Lipinski definition) is 7. The molecule has 0 radical (unpaired) electrons. The fourth-order valence-electron chi connectivity index (χ4n) is 3.57. The molecule has 0 bridgehead atoms. The Hall–Kier alpha value is -3.82. The Balaban J connectivity index is 1.22. The number of nitro benzene ring substituents is 1. The first-order valence-electron chi connectivity index (χ1n) is 10.2. The average Bonchev–Trinajstić information content (AvgIpc) is 3.29. The van der Waals surface area contributed by atoms with Gasteiger partial charge in [0.15, 0.2) is 0 Å². The monoisotopic (exact) mass is 421 g/mol. The van der Waals surface area contributed by atoms with Crippen LogP contribution in [-0.2, 0) is 11.3 Å². The number of carbonyl (C=O) groups excluding carboxylic acids is 1. The normalized spacial score (nSPS) is 13.9. The number of anilines is 1. The smallest absolute Gasteiger partial charge is 0.269 e. The van der Waals surface area contributed by atoms with Crippen LogP contribution in [0.1, 0.15) is 12.8 Å². The van der Waals surface area contributed by atoms with Gasteiger partial charge >= 0.3 is 0 Å². The van der Waals surface area contributed by atoms with Crippen LogP contribution in [-0.4, -0.2) is 62.1 Å². The lowest BCUT2D eigenvalue weighted by molar-refractivity contribution is -0.384. The van der Waals surface area contributed by atoms with Crippen LogP contribution in [0.15, 0.2) is 54.6 Å². The summed E-state index contributed by atoms with van der Waals surface area (Å²) in [6.07, 6.45) is 1.08. The molecule has 10 heteroatoms. The van der Waals surface area contributed by atoms with Crippen LogP contribution in [0.2, 0.25) is 0 Å². The van der Waals surface area contributed by atoms with E-state index in [1.807, 2.05) is 35.2 Å². The van der Waals surface area contributed by atoms with Crippen molar-refractivity contribution in [1.82, 2.24) is 25.1 Å². The summed E-state index contributed by atoms with van der Waals surface area (Å²) in [5, 5.41) is 23.3. The van der Waals surface area contributed by atoms with Crippen molar-refractivity contribution in [2.45, 2.75) is 19.4 Å². The maximum Gasteiger partial charge on any atom is 0.269 e. The van der Waals surface area contributed by atoms with Gasteiger partial charge in [0.25, 0.3) is 5.69 Å². The van der Waals surface area contributed by atoms with E-state index in [1.54, 1.807) is 12.1 Å². The largest absolute Gasteiger partial charge is 0.368 e. The van der Waals surface area contributed by atoms with Crippen molar-refractivity contribution in [1.29, 1.82) is 0 Å². The van der Waals surface area contributed by atoms with Crippen molar-refractivity contribution in [3.63, 3.8) is 0 Å². The number of nitro groups is 1. The predicted molar refractivity (Wildman–Crippen MR) is 114 cm³/mol. The summed E-state index contributed by atoms with van der Waals surface area (Å²) in [7, 11) is 0. The molecule has 1 aliphatic rings. The van der Waals surface area contributed by atoms with Crippen molar-refractivity contribution in [3.05, 3.63) is 64.7 Å². The van der Waals surface area contributed by atoms with Crippen LogP contribution >= 0.6 is 0 Å².